The molecule has 0 bridgehead atoms. The Hall–Kier alpha value is -2.31. The molecule has 0 spiro atoms. The quantitative estimate of drug-likeness (QED) is 0.704. The maximum Gasteiger partial charge on any atom is 0.315 e. The topological polar surface area (TPSA) is 59.0 Å². The largest absolute Gasteiger partial charge is 0.336 e. The van der Waals surface area contributed by atoms with Crippen molar-refractivity contribution in [3.63, 3.8) is 0 Å². The van der Waals surface area contributed by atoms with Gasteiger partial charge in [-0.25, -0.2) is 4.79 Å². The number of hydrogen-bond donors (Lipinski definition) is 2. The van der Waals surface area contributed by atoms with Crippen molar-refractivity contribution in [2.75, 3.05) is 6.54 Å². The molecule has 7 heteroatoms. The normalized spacial score (nSPS) is 11.9. The van der Waals surface area contributed by atoms with E-state index < -0.39 is 0 Å². The first kappa shape index (κ1) is 16.5. The van der Waals surface area contributed by atoms with Crippen molar-refractivity contribution in [3.05, 3.63) is 75.7 Å². The summed E-state index contributed by atoms with van der Waals surface area (Å²) in [5, 5.41) is 14.8. The molecule has 1 atom stereocenters. The van der Waals surface area contributed by atoms with Crippen molar-refractivity contribution in [2.45, 2.75) is 12.6 Å². The minimum atomic E-state index is -0.211. The number of nitrogens with one attached hydrogen (secondary N) is 2. The molecule has 0 aliphatic carbocycles. The van der Waals surface area contributed by atoms with E-state index in [1.807, 2.05) is 40.5 Å². The van der Waals surface area contributed by atoms with Crippen molar-refractivity contribution in [2.24, 2.45) is 0 Å². The maximum atomic E-state index is 12.1. The van der Waals surface area contributed by atoms with Crippen molar-refractivity contribution in [1.82, 2.24) is 20.4 Å². The Kier molecular flexibility index (Phi) is 5.51. The van der Waals surface area contributed by atoms with Gasteiger partial charge in [0.25, 0.3) is 0 Å². The molecule has 2 amide bonds. The molecule has 0 aliphatic rings. The fourth-order valence-electron chi connectivity index (χ4n) is 2.33. The number of benzene rings is 1. The van der Waals surface area contributed by atoms with Crippen LogP contribution < -0.4 is 10.6 Å². The number of aromatic nitrogens is 2. The average molecular weight is 361 g/mol. The molecule has 3 aromatic rings. The lowest BCUT2D eigenvalue weighted by Gasteiger charge is -2.17. The summed E-state index contributed by atoms with van der Waals surface area (Å²) < 4.78 is 1.85. The van der Waals surface area contributed by atoms with E-state index in [1.54, 1.807) is 29.7 Å². The van der Waals surface area contributed by atoms with Crippen LogP contribution in [0.5, 0.6) is 0 Å². The van der Waals surface area contributed by atoms with Gasteiger partial charge in [-0.15, -0.1) is 0 Å². The minimum Gasteiger partial charge on any atom is -0.336 e. The van der Waals surface area contributed by atoms with Gasteiger partial charge in [0.15, 0.2) is 0 Å². The van der Waals surface area contributed by atoms with Crippen molar-refractivity contribution >= 4 is 29.0 Å². The van der Waals surface area contributed by atoms with Crippen LogP contribution in [0, 0.1) is 0 Å². The molecule has 0 radical (unpaired) electrons. The van der Waals surface area contributed by atoms with E-state index in [4.69, 9.17) is 11.6 Å². The van der Waals surface area contributed by atoms with Gasteiger partial charge in [0.2, 0.25) is 0 Å². The second-order valence-corrected chi connectivity index (χ2v) is 6.47. The van der Waals surface area contributed by atoms with Crippen LogP contribution in [0.3, 0.4) is 0 Å². The highest BCUT2D eigenvalue weighted by atomic mass is 35.5. The van der Waals surface area contributed by atoms with Crippen LogP contribution in [0.1, 0.15) is 17.2 Å². The fourth-order valence-corrected chi connectivity index (χ4v) is 3.16. The van der Waals surface area contributed by atoms with E-state index in [9.17, 15) is 4.79 Å². The van der Waals surface area contributed by atoms with Gasteiger partial charge in [0.05, 0.1) is 6.04 Å². The number of carbonyl (C=O) groups excluding carboxylic acids is 1. The SMILES string of the molecule is O=C(NCc1ccc(Cl)cc1)NCC(c1ccsc1)n1cccn1. The van der Waals surface area contributed by atoms with Crippen LogP contribution in [-0.2, 0) is 6.54 Å². The Bertz CT molecular complexity index is 722. The number of urea groups is 1. The second-order valence-electron chi connectivity index (χ2n) is 5.25. The van der Waals surface area contributed by atoms with E-state index in [-0.39, 0.29) is 12.1 Å². The number of thiophene rings is 1. The number of nitrogens with zero attached hydrogens (tertiary/aromatic N) is 2. The maximum absolute atomic E-state index is 12.1. The number of rotatable bonds is 6. The zero-order valence-corrected chi connectivity index (χ0v) is 14.4. The molecule has 1 unspecified atom stereocenters. The lowest BCUT2D eigenvalue weighted by atomic mass is 10.1. The average Bonchev–Trinajstić information content (AvgIpc) is 3.29. The summed E-state index contributed by atoms with van der Waals surface area (Å²) in [6.45, 7) is 0.915. The van der Waals surface area contributed by atoms with Gasteiger partial charge in [-0.3, -0.25) is 4.68 Å². The van der Waals surface area contributed by atoms with Crippen molar-refractivity contribution < 1.29 is 4.79 Å². The summed E-state index contributed by atoms with van der Waals surface area (Å²) in [6.07, 6.45) is 3.63. The standard InChI is InChI=1S/C17H17ClN4OS/c18-15-4-2-13(3-5-15)10-19-17(23)20-11-16(14-6-9-24-12-14)22-8-1-7-21-22/h1-9,12,16H,10-11H2,(H2,19,20,23). The molecular formula is C17H17ClN4OS. The number of carbonyl (C=O) groups is 1. The first-order chi connectivity index (χ1) is 11.7. The predicted octanol–water partition coefficient (Wildman–Crippen LogP) is 3.69. The lowest BCUT2D eigenvalue weighted by molar-refractivity contribution is 0.239. The van der Waals surface area contributed by atoms with E-state index in [0.717, 1.165) is 11.1 Å². The first-order valence-corrected chi connectivity index (χ1v) is 8.82. The molecule has 124 valence electrons. The zero-order chi connectivity index (χ0) is 16.8. The summed E-state index contributed by atoms with van der Waals surface area (Å²) in [6, 6.07) is 11.1. The second kappa shape index (κ2) is 7.99. The molecule has 2 heterocycles. The van der Waals surface area contributed by atoms with Gasteiger partial charge < -0.3 is 10.6 Å². The summed E-state index contributed by atoms with van der Waals surface area (Å²) in [5.41, 5.74) is 2.12. The third kappa shape index (κ3) is 4.37. The third-order valence-electron chi connectivity index (χ3n) is 3.59. The number of halogens is 1. The van der Waals surface area contributed by atoms with Crippen LogP contribution >= 0.6 is 22.9 Å². The summed E-state index contributed by atoms with van der Waals surface area (Å²) >= 11 is 7.48. The highest BCUT2D eigenvalue weighted by Gasteiger charge is 2.15. The van der Waals surface area contributed by atoms with Crippen molar-refractivity contribution in [3.8, 4) is 0 Å². The van der Waals surface area contributed by atoms with Crippen LogP contribution in [0.15, 0.2) is 59.6 Å². The summed E-state index contributed by atoms with van der Waals surface area (Å²) in [7, 11) is 0. The monoisotopic (exact) mass is 360 g/mol. The van der Waals surface area contributed by atoms with Crippen LogP contribution in [-0.4, -0.2) is 22.4 Å². The molecule has 0 saturated carbocycles. The molecule has 24 heavy (non-hydrogen) atoms. The van der Waals surface area contributed by atoms with Crippen LogP contribution in [0.25, 0.3) is 0 Å². The Morgan fingerprint density at radius 2 is 2.08 bits per heavy atom. The molecule has 2 aromatic heterocycles. The van der Waals surface area contributed by atoms with E-state index in [2.05, 4.69) is 21.1 Å². The van der Waals surface area contributed by atoms with Gasteiger partial charge in [0, 0.05) is 30.5 Å². The Morgan fingerprint density at radius 3 is 2.75 bits per heavy atom. The Balaban J connectivity index is 1.54. The molecule has 0 fully saturated rings. The van der Waals surface area contributed by atoms with Crippen LogP contribution in [0.4, 0.5) is 4.79 Å². The molecule has 2 N–H and O–H groups in total. The number of hydrogen-bond acceptors (Lipinski definition) is 3. The van der Waals surface area contributed by atoms with Gasteiger partial charge in [-0.05, 0) is 46.2 Å². The predicted molar refractivity (Wildman–Crippen MR) is 96.4 cm³/mol. The van der Waals surface area contributed by atoms with E-state index >= 15 is 0 Å². The fraction of sp³-hybridized carbons (Fsp3) is 0.176. The molecule has 0 saturated heterocycles. The first-order valence-electron chi connectivity index (χ1n) is 7.50. The molecule has 3 rings (SSSR count). The molecule has 0 aliphatic heterocycles. The highest BCUT2D eigenvalue weighted by molar-refractivity contribution is 7.07. The third-order valence-corrected chi connectivity index (χ3v) is 4.55. The molecule has 5 nitrogen and oxygen atoms in total. The Morgan fingerprint density at radius 1 is 1.25 bits per heavy atom. The smallest absolute Gasteiger partial charge is 0.315 e. The molecule has 1 aromatic carbocycles. The minimum absolute atomic E-state index is 0.0208. The van der Waals surface area contributed by atoms with Crippen molar-refractivity contribution in [1.29, 1.82) is 0 Å². The van der Waals surface area contributed by atoms with Crippen LogP contribution in [0.2, 0.25) is 5.02 Å². The van der Waals surface area contributed by atoms with Gasteiger partial charge >= 0.3 is 6.03 Å². The molecular weight excluding hydrogens is 344 g/mol. The highest BCUT2D eigenvalue weighted by Crippen LogP contribution is 2.19. The van der Waals surface area contributed by atoms with Gasteiger partial charge in [-0.2, -0.15) is 16.4 Å². The summed E-state index contributed by atoms with van der Waals surface area (Å²) in [5.74, 6) is 0. The lowest BCUT2D eigenvalue weighted by Crippen LogP contribution is -2.38. The summed E-state index contributed by atoms with van der Waals surface area (Å²) in [4.78, 5) is 12.1. The van der Waals surface area contributed by atoms with Gasteiger partial charge in [0.1, 0.15) is 0 Å². The van der Waals surface area contributed by atoms with E-state index in [0.29, 0.717) is 18.1 Å². The Labute approximate surface area is 149 Å². The number of amides is 2. The zero-order valence-electron chi connectivity index (χ0n) is 12.9. The van der Waals surface area contributed by atoms with Gasteiger partial charge in [-0.1, -0.05) is 23.7 Å². The van der Waals surface area contributed by atoms with E-state index in [1.165, 1.54) is 0 Å².